The summed E-state index contributed by atoms with van der Waals surface area (Å²) in [7, 11) is 0. The van der Waals surface area contributed by atoms with Crippen LogP contribution in [-0.2, 0) is 5.54 Å². The number of nitrogens with zero attached hydrogens (tertiary/aromatic N) is 2. The molecule has 0 saturated carbocycles. The van der Waals surface area contributed by atoms with Crippen molar-refractivity contribution in [3.05, 3.63) is 170 Å². The molecule has 1 aromatic heterocycles. The molecule has 0 spiro atoms. The van der Waals surface area contributed by atoms with Gasteiger partial charge in [-0.3, -0.25) is 0 Å². The third-order valence-corrected chi connectivity index (χ3v) is 8.96. The van der Waals surface area contributed by atoms with Crippen molar-refractivity contribution in [2.24, 2.45) is 0 Å². The number of anilines is 3. The van der Waals surface area contributed by atoms with Gasteiger partial charge in [0.15, 0.2) is 0 Å². The molecule has 0 fully saturated rings. The van der Waals surface area contributed by atoms with E-state index < -0.39 is 0 Å². The average molecular weight is 609 g/mol. The van der Waals surface area contributed by atoms with Crippen molar-refractivity contribution in [3.63, 3.8) is 0 Å². The minimum Gasteiger partial charge on any atom is -0.335 e. The van der Waals surface area contributed by atoms with Gasteiger partial charge in [-0.05, 0) is 116 Å². The number of allylic oxidation sites excluding steroid dienone is 3. The Balaban J connectivity index is 1.34. The molecule has 0 N–H and O–H groups in total. The summed E-state index contributed by atoms with van der Waals surface area (Å²) in [6, 6.07) is 52.8. The zero-order valence-electron chi connectivity index (χ0n) is 27.6. The number of hydrogen-bond donors (Lipinski definition) is 0. The fraction of sp³-hybridized carbons (Fsp3) is 0.111. The molecule has 230 valence electrons. The molecule has 1 heterocycles. The average Bonchev–Trinajstić information content (AvgIpc) is 3.44. The van der Waals surface area contributed by atoms with Crippen LogP contribution in [0.4, 0.5) is 17.1 Å². The van der Waals surface area contributed by atoms with E-state index in [4.69, 9.17) is 0 Å². The van der Waals surface area contributed by atoms with Crippen LogP contribution in [-0.4, -0.2) is 4.57 Å². The summed E-state index contributed by atoms with van der Waals surface area (Å²) in [6.07, 6.45) is 3.89. The monoisotopic (exact) mass is 608 g/mol. The normalized spacial score (nSPS) is 12.0. The summed E-state index contributed by atoms with van der Waals surface area (Å²) >= 11 is 0. The van der Waals surface area contributed by atoms with Gasteiger partial charge in [-0.25, -0.2) is 0 Å². The van der Waals surface area contributed by atoms with Crippen molar-refractivity contribution < 1.29 is 0 Å². The van der Waals surface area contributed by atoms with E-state index in [1.165, 1.54) is 55.2 Å². The lowest BCUT2D eigenvalue weighted by molar-refractivity contribution is 0.423. The molecule has 0 bridgehead atoms. The van der Waals surface area contributed by atoms with Crippen molar-refractivity contribution in [2.75, 3.05) is 4.90 Å². The highest BCUT2D eigenvalue weighted by Gasteiger charge is 2.21. The van der Waals surface area contributed by atoms with Gasteiger partial charge in [-0.1, -0.05) is 110 Å². The minimum atomic E-state index is -0.0328. The maximum atomic E-state index is 3.87. The van der Waals surface area contributed by atoms with Crippen molar-refractivity contribution in [2.45, 2.75) is 33.2 Å². The number of fused-ring (bicyclic) bond motifs is 3. The van der Waals surface area contributed by atoms with E-state index in [-0.39, 0.29) is 5.54 Å². The Morgan fingerprint density at radius 1 is 0.553 bits per heavy atom. The van der Waals surface area contributed by atoms with Crippen molar-refractivity contribution in [1.82, 2.24) is 4.57 Å². The SMILES string of the molecule is C=C/C=C(\C)c1ccc(N(c2ccc(-c3ccccc3)cc2)c2cccc(-c3ccc4c(c3)c3ccccc3n4C(C)(C)C)c2)cc1. The molecular formula is C45H40N2. The summed E-state index contributed by atoms with van der Waals surface area (Å²) in [6.45, 7) is 12.8. The minimum absolute atomic E-state index is 0.0328. The van der Waals surface area contributed by atoms with Crippen molar-refractivity contribution in [3.8, 4) is 22.3 Å². The molecule has 7 aromatic rings. The highest BCUT2D eigenvalue weighted by atomic mass is 15.1. The van der Waals surface area contributed by atoms with Gasteiger partial charge < -0.3 is 9.47 Å². The zero-order chi connectivity index (χ0) is 32.5. The first-order valence-electron chi connectivity index (χ1n) is 16.3. The standard InChI is InChI=1S/C45H40N2/c1-6-13-32(2)33-20-25-38(26-21-33)46(39-27-22-35(23-28-39)34-14-8-7-9-15-34)40-17-12-16-36(30-40)37-24-29-44-42(31-37)41-18-10-11-19-43(41)47(44)45(3,4)5/h6-31H,1H2,2-5H3/b32-13+. The first-order chi connectivity index (χ1) is 22.8. The molecule has 0 saturated heterocycles. The van der Waals surface area contributed by atoms with Gasteiger partial charge in [-0.15, -0.1) is 0 Å². The number of aromatic nitrogens is 1. The Bertz CT molecular complexity index is 2230. The Hall–Kier alpha value is -5.60. The number of rotatable bonds is 7. The second-order valence-electron chi connectivity index (χ2n) is 13.2. The predicted molar refractivity (Wildman–Crippen MR) is 204 cm³/mol. The van der Waals surface area contributed by atoms with E-state index in [0.717, 1.165) is 17.1 Å². The van der Waals surface area contributed by atoms with E-state index in [0.29, 0.717) is 0 Å². The van der Waals surface area contributed by atoms with Gasteiger partial charge in [0.05, 0.1) is 0 Å². The molecule has 47 heavy (non-hydrogen) atoms. The van der Waals surface area contributed by atoms with Crippen LogP contribution >= 0.6 is 0 Å². The van der Waals surface area contributed by atoms with Crippen LogP contribution in [0.15, 0.2) is 164 Å². The topological polar surface area (TPSA) is 8.17 Å². The first kappa shape index (κ1) is 30.1. The van der Waals surface area contributed by atoms with E-state index in [9.17, 15) is 0 Å². The predicted octanol–water partition coefficient (Wildman–Crippen LogP) is 12.9. The zero-order valence-corrected chi connectivity index (χ0v) is 27.6. The number of hydrogen-bond acceptors (Lipinski definition) is 1. The van der Waals surface area contributed by atoms with Crippen LogP contribution < -0.4 is 4.90 Å². The first-order valence-corrected chi connectivity index (χ1v) is 16.3. The van der Waals surface area contributed by atoms with Gasteiger partial charge >= 0.3 is 0 Å². The van der Waals surface area contributed by atoms with Crippen molar-refractivity contribution >= 4 is 44.4 Å². The largest absolute Gasteiger partial charge is 0.335 e. The van der Waals surface area contributed by atoms with E-state index in [2.05, 4.69) is 189 Å². The van der Waals surface area contributed by atoms with Crippen LogP contribution in [0, 0.1) is 0 Å². The molecule has 2 heteroatoms. The molecule has 0 atom stereocenters. The quantitative estimate of drug-likeness (QED) is 0.163. The second-order valence-corrected chi connectivity index (χ2v) is 13.2. The van der Waals surface area contributed by atoms with Gasteiger partial charge in [0, 0.05) is 44.4 Å². The summed E-state index contributed by atoms with van der Waals surface area (Å²) < 4.78 is 2.47. The Labute approximate surface area is 278 Å². The lowest BCUT2D eigenvalue weighted by Crippen LogP contribution is -2.21. The van der Waals surface area contributed by atoms with E-state index in [1.54, 1.807) is 0 Å². The molecule has 0 amide bonds. The fourth-order valence-electron chi connectivity index (χ4n) is 6.73. The molecule has 6 aromatic carbocycles. The van der Waals surface area contributed by atoms with Gasteiger partial charge in [0.1, 0.15) is 0 Å². The fourth-order valence-corrected chi connectivity index (χ4v) is 6.73. The number of benzene rings is 6. The van der Waals surface area contributed by atoms with Gasteiger partial charge in [0.25, 0.3) is 0 Å². The van der Waals surface area contributed by atoms with Gasteiger partial charge in [-0.2, -0.15) is 0 Å². The van der Waals surface area contributed by atoms with E-state index >= 15 is 0 Å². The summed E-state index contributed by atoms with van der Waals surface area (Å²) in [5.41, 5.74) is 13.0. The van der Waals surface area contributed by atoms with Crippen LogP contribution in [0.3, 0.4) is 0 Å². The molecule has 2 nitrogen and oxygen atoms in total. The van der Waals surface area contributed by atoms with Crippen LogP contribution in [0.25, 0.3) is 49.6 Å². The molecular weight excluding hydrogens is 569 g/mol. The summed E-state index contributed by atoms with van der Waals surface area (Å²) in [5, 5.41) is 2.57. The molecule has 0 aliphatic heterocycles. The highest BCUT2D eigenvalue weighted by molar-refractivity contribution is 6.09. The third kappa shape index (κ3) is 5.79. The maximum absolute atomic E-state index is 3.87. The third-order valence-electron chi connectivity index (χ3n) is 8.96. The molecule has 0 aliphatic carbocycles. The van der Waals surface area contributed by atoms with Gasteiger partial charge in [0.2, 0.25) is 0 Å². The Morgan fingerprint density at radius 2 is 1.13 bits per heavy atom. The summed E-state index contributed by atoms with van der Waals surface area (Å²) in [5.74, 6) is 0. The van der Waals surface area contributed by atoms with E-state index in [1.807, 2.05) is 12.2 Å². The maximum Gasteiger partial charge on any atom is 0.0496 e. The number of para-hydroxylation sites is 1. The second kappa shape index (κ2) is 12.3. The lowest BCUT2D eigenvalue weighted by Gasteiger charge is -2.26. The highest BCUT2D eigenvalue weighted by Crippen LogP contribution is 2.40. The molecule has 0 radical (unpaired) electrons. The Morgan fingerprint density at radius 3 is 1.83 bits per heavy atom. The Kier molecular flexibility index (Phi) is 7.87. The van der Waals surface area contributed by atoms with Crippen LogP contribution in [0.2, 0.25) is 0 Å². The van der Waals surface area contributed by atoms with Crippen LogP contribution in [0.1, 0.15) is 33.3 Å². The van der Waals surface area contributed by atoms with Crippen LogP contribution in [0.5, 0.6) is 0 Å². The molecule has 0 unspecified atom stereocenters. The summed E-state index contributed by atoms with van der Waals surface area (Å²) in [4.78, 5) is 2.35. The molecule has 7 rings (SSSR count). The smallest absolute Gasteiger partial charge is 0.0496 e. The molecule has 0 aliphatic rings. The van der Waals surface area contributed by atoms with Crippen molar-refractivity contribution in [1.29, 1.82) is 0 Å². The lowest BCUT2D eigenvalue weighted by atomic mass is 10.0.